The summed E-state index contributed by atoms with van der Waals surface area (Å²) in [7, 11) is 0. The lowest BCUT2D eigenvalue weighted by molar-refractivity contribution is 1.50. The summed E-state index contributed by atoms with van der Waals surface area (Å²) in [5, 5.41) is 8.22. The van der Waals surface area contributed by atoms with Crippen LogP contribution >= 0.6 is 0 Å². The van der Waals surface area contributed by atoms with Crippen LogP contribution < -0.4 is 0 Å². The molecular formula is C11H19N. The monoisotopic (exact) mass is 165 g/mol. The first kappa shape index (κ1) is 17.0. The van der Waals surface area contributed by atoms with Crippen molar-refractivity contribution in [2.24, 2.45) is 0 Å². The van der Waals surface area contributed by atoms with E-state index >= 15 is 0 Å². The molecule has 0 heterocycles. The quantitative estimate of drug-likeness (QED) is 0.450. The first-order valence-electron chi connectivity index (χ1n) is 4.20. The van der Waals surface area contributed by atoms with Gasteiger partial charge >= 0.3 is 0 Å². The van der Waals surface area contributed by atoms with Gasteiger partial charge < -0.3 is 0 Å². The molecule has 0 bridgehead atoms. The fourth-order valence-electron chi connectivity index (χ4n) is 0.278. The molecule has 0 spiro atoms. The fraction of sp³-hybridized carbons (Fsp3) is 0.364. The molecule has 0 rings (SSSR count). The lowest BCUT2D eigenvalue weighted by Crippen LogP contribution is -1.64. The van der Waals surface area contributed by atoms with Crippen LogP contribution in [0.2, 0.25) is 0 Å². The van der Waals surface area contributed by atoms with Crippen LogP contribution in [0.1, 0.15) is 27.7 Å². The molecule has 0 unspecified atom stereocenters. The van der Waals surface area contributed by atoms with Gasteiger partial charge in [0.15, 0.2) is 0 Å². The van der Waals surface area contributed by atoms with Crippen molar-refractivity contribution < 1.29 is 0 Å². The van der Waals surface area contributed by atoms with E-state index in [9.17, 15) is 0 Å². The Bertz CT molecular complexity index is 158. The number of rotatable bonds is 2. The van der Waals surface area contributed by atoms with Gasteiger partial charge in [-0.2, -0.15) is 5.26 Å². The minimum atomic E-state index is 0.542. The summed E-state index contributed by atoms with van der Waals surface area (Å²) >= 11 is 0. The molecular weight excluding hydrogens is 146 g/mol. The Morgan fingerprint density at radius 3 is 1.67 bits per heavy atom. The third-order valence-corrected chi connectivity index (χ3v) is 0.646. The van der Waals surface area contributed by atoms with Crippen LogP contribution in [0.4, 0.5) is 0 Å². The van der Waals surface area contributed by atoms with E-state index in [0.717, 1.165) is 0 Å². The minimum absolute atomic E-state index is 0.542. The summed E-state index contributed by atoms with van der Waals surface area (Å²) < 4.78 is 0. The standard InChI is InChI=1S/C7H7N.2C2H6/c1-3-5-7(4-2)6-8;2*1-2/h3-5H,1-2H2;2*1-2H3/b7-5+;;. The van der Waals surface area contributed by atoms with E-state index in [1.165, 1.54) is 6.08 Å². The van der Waals surface area contributed by atoms with E-state index in [1.54, 1.807) is 12.2 Å². The molecule has 0 aliphatic carbocycles. The summed E-state index contributed by atoms with van der Waals surface area (Å²) in [4.78, 5) is 0. The molecule has 0 aromatic heterocycles. The second kappa shape index (κ2) is 22.6. The van der Waals surface area contributed by atoms with Gasteiger partial charge in [-0.15, -0.1) is 0 Å². The molecule has 0 aliphatic rings. The van der Waals surface area contributed by atoms with Gasteiger partial charge in [0.05, 0.1) is 11.6 Å². The Hall–Kier alpha value is -1.29. The second-order valence-corrected chi connectivity index (χ2v) is 1.17. The first-order valence-corrected chi connectivity index (χ1v) is 4.20. The average molecular weight is 165 g/mol. The van der Waals surface area contributed by atoms with Crippen molar-refractivity contribution in [1.29, 1.82) is 5.26 Å². The molecule has 0 N–H and O–H groups in total. The maximum absolute atomic E-state index is 8.22. The summed E-state index contributed by atoms with van der Waals surface area (Å²) in [6.45, 7) is 14.8. The van der Waals surface area contributed by atoms with Crippen LogP contribution in [0.15, 0.2) is 37.0 Å². The van der Waals surface area contributed by atoms with Crippen LogP contribution in [0.5, 0.6) is 0 Å². The van der Waals surface area contributed by atoms with Crippen molar-refractivity contribution in [3.05, 3.63) is 37.0 Å². The van der Waals surface area contributed by atoms with Gasteiger partial charge in [0.1, 0.15) is 0 Å². The first-order chi connectivity index (χ1) is 5.85. The zero-order valence-electron chi connectivity index (χ0n) is 8.59. The molecule has 0 fully saturated rings. The smallest absolute Gasteiger partial charge is 0.0991 e. The van der Waals surface area contributed by atoms with E-state index in [0.29, 0.717) is 5.57 Å². The van der Waals surface area contributed by atoms with Crippen LogP contribution in [0.3, 0.4) is 0 Å². The van der Waals surface area contributed by atoms with Crippen molar-refractivity contribution in [3.8, 4) is 6.07 Å². The third kappa shape index (κ3) is 15.9. The molecule has 0 atom stereocenters. The van der Waals surface area contributed by atoms with Crippen molar-refractivity contribution >= 4 is 0 Å². The van der Waals surface area contributed by atoms with E-state index in [4.69, 9.17) is 5.26 Å². The SMILES string of the molecule is C=C/C=C(/C#N)C=C.CC.CC. The molecule has 1 heteroatoms. The molecule has 0 saturated carbocycles. The molecule has 0 amide bonds. The largest absolute Gasteiger partial charge is 0.192 e. The van der Waals surface area contributed by atoms with E-state index in [-0.39, 0.29) is 0 Å². The second-order valence-electron chi connectivity index (χ2n) is 1.17. The van der Waals surface area contributed by atoms with Gasteiger partial charge in [-0.1, -0.05) is 53.0 Å². The van der Waals surface area contributed by atoms with Crippen molar-refractivity contribution in [1.82, 2.24) is 0 Å². The van der Waals surface area contributed by atoms with Gasteiger partial charge in [0.2, 0.25) is 0 Å². The lowest BCUT2D eigenvalue weighted by atomic mass is 10.3. The van der Waals surface area contributed by atoms with Crippen molar-refractivity contribution in [3.63, 3.8) is 0 Å². The maximum atomic E-state index is 8.22. The molecule has 0 saturated heterocycles. The highest BCUT2D eigenvalue weighted by molar-refractivity contribution is 5.33. The Morgan fingerprint density at radius 1 is 1.17 bits per heavy atom. The van der Waals surface area contributed by atoms with Crippen molar-refractivity contribution in [2.75, 3.05) is 0 Å². The van der Waals surface area contributed by atoms with E-state index in [2.05, 4.69) is 13.2 Å². The summed E-state index contributed by atoms with van der Waals surface area (Å²) in [5.41, 5.74) is 0.542. The van der Waals surface area contributed by atoms with Crippen molar-refractivity contribution in [2.45, 2.75) is 27.7 Å². The number of allylic oxidation sites excluding steroid dienone is 4. The Morgan fingerprint density at radius 2 is 1.58 bits per heavy atom. The highest BCUT2D eigenvalue weighted by Gasteiger charge is 1.78. The molecule has 0 radical (unpaired) electrons. The highest BCUT2D eigenvalue weighted by Crippen LogP contribution is 1.90. The lowest BCUT2D eigenvalue weighted by Gasteiger charge is -1.76. The maximum Gasteiger partial charge on any atom is 0.0991 e. The Labute approximate surface area is 76.7 Å². The van der Waals surface area contributed by atoms with Gasteiger partial charge in [-0.25, -0.2) is 0 Å². The number of hydrogen-bond donors (Lipinski definition) is 0. The molecule has 1 nitrogen and oxygen atoms in total. The summed E-state index contributed by atoms with van der Waals surface area (Å²) in [6, 6.07) is 1.92. The number of nitriles is 1. The molecule has 12 heavy (non-hydrogen) atoms. The van der Waals surface area contributed by atoms with E-state index in [1.807, 2.05) is 33.8 Å². The molecule has 0 aromatic rings. The molecule has 0 aliphatic heterocycles. The zero-order valence-corrected chi connectivity index (χ0v) is 8.59. The van der Waals surface area contributed by atoms with Gasteiger partial charge in [-0.05, 0) is 6.08 Å². The number of hydrogen-bond acceptors (Lipinski definition) is 1. The Balaban J connectivity index is -0.000000175. The fourth-order valence-corrected chi connectivity index (χ4v) is 0.278. The van der Waals surface area contributed by atoms with Gasteiger partial charge in [0.25, 0.3) is 0 Å². The molecule has 0 aromatic carbocycles. The minimum Gasteiger partial charge on any atom is -0.192 e. The zero-order chi connectivity index (χ0) is 10.4. The van der Waals surface area contributed by atoms with Gasteiger partial charge in [0, 0.05) is 0 Å². The molecule has 68 valence electrons. The highest BCUT2D eigenvalue weighted by atomic mass is 14.2. The topological polar surface area (TPSA) is 23.8 Å². The number of nitrogens with zero attached hydrogens (tertiary/aromatic N) is 1. The predicted molar refractivity (Wildman–Crippen MR) is 56.8 cm³/mol. The average Bonchev–Trinajstić information content (AvgIpc) is 2.20. The van der Waals surface area contributed by atoms with E-state index < -0.39 is 0 Å². The summed E-state index contributed by atoms with van der Waals surface area (Å²) in [6.07, 6.45) is 4.65. The van der Waals surface area contributed by atoms with Crippen LogP contribution in [0.25, 0.3) is 0 Å². The normalized spacial score (nSPS) is 7.42. The summed E-state index contributed by atoms with van der Waals surface area (Å²) in [5.74, 6) is 0. The van der Waals surface area contributed by atoms with Crippen LogP contribution in [-0.2, 0) is 0 Å². The predicted octanol–water partition coefficient (Wildman–Crippen LogP) is 3.86. The Kier molecular flexibility index (Phi) is 32.0. The van der Waals surface area contributed by atoms with Gasteiger partial charge in [-0.3, -0.25) is 0 Å². The third-order valence-electron chi connectivity index (χ3n) is 0.646. The van der Waals surface area contributed by atoms with Crippen LogP contribution in [-0.4, -0.2) is 0 Å². The van der Waals surface area contributed by atoms with Crippen LogP contribution in [0, 0.1) is 11.3 Å².